The zero-order chi connectivity index (χ0) is 10.9. The van der Waals surface area contributed by atoms with E-state index < -0.39 is 0 Å². The van der Waals surface area contributed by atoms with Gasteiger partial charge in [-0.2, -0.15) is 5.43 Å². The largest absolute Gasteiger partial charge is 0.237 e. The van der Waals surface area contributed by atoms with Gasteiger partial charge in [-0.05, 0) is 15.9 Å². The van der Waals surface area contributed by atoms with Crippen LogP contribution in [-0.2, 0) is 0 Å². The number of hydrogen-bond acceptors (Lipinski definition) is 2. The smallest absolute Gasteiger partial charge is 0.171 e. The van der Waals surface area contributed by atoms with E-state index in [2.05, 4.69) is 32.4 Å². The van der Waals surface area contributed by atoms with Crippen molar-refractivity contribution < 1.29 is 0 Å². The Morgan fingerprint density at radius 2 is 2.13 bits per heavy atom. The lowest BCUT2D eigenvalue weighted by molar-refractivity contribution is 0.259. The van der Waals surface area contributed by atoms with E-state index in [1.54, 1.807) is 0 Å². The van der Waals surface area contributed by atoms with Gasteiger partial charge in [0.05, 0.1) is 10.7 Å². The lowest BCUT2D eigenvalue weighted by Crippen LogP contribution is -2.55. The van der Waals surface area contributed by atoms with Gasteiger partial charge in [0.2, 0.25) is 0 Å². The van der Waals surface area contributed by atoms with Crippen molar-refractivity contribution in [2.75, 3.05) is 20.1 Å². The summed E-state index contributed by atoms with van der Waals surface area (Å²) < 4.78 is 1.67. The first kappa shape index (κ1) is 11.3. The van der Waals surface area contributed by atoms with Crippen molar-refractivity contribution >= 4 is 33.2 Å². The van der Waals surface area contributed by atoms with E-state index in [1.807, 2.05) is 13.2 Å². The summed E-state index contributed by atoms with van der Waals surface area (Å²) in [5.74, 6) is 0. The SMILES string of the molecule is CN[N+]1(c2cnc(Cl)c(Br)c2)CCCC1. The van der Waals surface area contributed by atoms with Gasteiger partial charge in [0.1, 0.15) is 18.2 Å². The summed E-state index contributed by atoms with van der Waals surface area (Å²) >= 11 is 9.30. The number of nitrogens with one attached hydrogen (secondary N) is 1. The van der Waals surface area contributed by atoms with E-state index in [4.69, 9.17) is 11.6 Å². The van der Waals surface area contributed by atoms with Gasteiger partial charge < -0.3 is 0 Å². The Morgan fingerprint density at radius 3 is 2.67 bits per heavy atom. The topological polar surface area (TPSA) is 24.9 Å². The second-order valence-corrected chi connectivity index (χ2v) is 5.02. The molecule has 1 fully saturated rings. The van der Waals surface area contributed by atoms with Crippen LogP contribution in [0.4, 0.5) is 5.69 Å². The second kappa shape index (κ2) is 4.37. The third-order valence-electron chi connectivity index (χ3n) is 3.03. The van der Waals surface area contributed by atoms with Crippen LogP contribution in [0.3, 0.4) is 0 Å². The number of hydrogen-bond donors (Lipinski definition) is 1. The third kappa shape index (κ3) is 2.04. The van der Waals surface area contributed by atoms with Crippen molar-refractivity contribution in [3.8, 4) is 0 Å². The molecule has 1 N–H and O–H groups in total. The molecule has 0 bridgehead atoms. The number of rotatable bonds is 2. The summed E-state index contributed by atoms with van der Waals surface area (Å²) in [6, 6.07) is 2.05. The molecule has 15 heavy (non-hydrogen) atoms. The summed E-state index contributed by atoms with van der Waals surface area (Å²) in [7, 11) is 1.99. The minimum absolute atomic E-state index is 0.521. The van der Waals surface area contributed by atoms with Gasteiger partial charge in [0, 0.05) is 26.0 Å². The van der Waals surface area contributed by atoms with E-state index in [9.17, 15) is 0 Å². The molecule has 0 unspecified atom stereocenters. The Bertz CT molecular complexity index is 364. The van der Waals surface area contributed by atoms with Crippen molar-refractivity contribution in [2.45, 2.75) is 12.8 Å². The molecule has 2 heterocycles. The van der Waals surface area contributed by atoms with Gasteiger partial charge in [0.15, 0.2) is 5.69 Å². The van der Waals surface area contributed by atoms with Crippen molar-refractivity contribution in [2.24, 2.45) is 0 Å². The van der Waals surface area contributed by atoms with Crippen LogP contribution in [-0.4, -0.2) is 25.1 Å². The number of nitrogens with zero attached hydrogens (tertiary/aromatic N) is 2. The molecule has 0 atom stereocenters. The summed E-state index contributed by atoms with van der Waals surface area (Å²) in [4.78, 5) is 4.18. The number of halogens is 2. The zero-order valence-corrected chi connectivity index (χ0v) is 11.0. The molecule has 1 saturated heterocycles. The molecule has 0 amide bonds. The van der Waals surface area contributed by atoms with Crippen LogP contribution >= 0.6 is 27.5 Å². The van der Waals surface area contributed by atoms with Gasteiger partial charge in [0.25, 0.3) is 0 Å². The molecular weight excluding hydrogens is 277 g/mol. The quantitative estimate of drug-likeness (QED) is 0.669. The normalized spacial score (nSPS) is 19.4. The summed E-state index contributed by atoms with van der Waals surface area (Å²) in [5.41, 5.74) is 4.55. The number of aromatic nitrogens is 1. The maximum Gasteiger partial charge on any atom is 0.171 e. The van der Waals surface area contributed by atoms with E-state index in [0.717, 1.165) is 22.2 Å². The summed E-state index contributed by atoms with van der Waals surface area (Å²) in [6.07, 6.45) is 4.36. The lowest BCUT2D eigenvalue weighted by atomic mass is 10.3. The molecule has 0 saturated carbocycles. The van der Waals surface area contributed by atoms with Crippen LogP contribution < -0.4 is 10.0 Å². The third-order valence-corrected chi connectivity index (χ3v) is 4.17. The molecule has 82 valence electrons. The molecule has 3 nitrogen and oxygen atoms in total. The minimum atomic E-state index is 0.521. The first-order chi connectivity index (χ1) is 7.18. The fourth-order valence-electron chi connectivity index (χ4n) is 2.13. The van der Waals surface area contributed by atoms with Gasteiger partial charge in [-0.1, -0.05) is 11.6 Å². The van der Waals surface area contributed by atoms with Crippen LogP contribution in [0.25, 0.3) is 0 Å². The molecule has 1 aliphatic rings. The van der Waals surface area contributed by atoms with Crippen molar-refractivity contribution in [3.63, 3.8) is 0 Å². The van der Waals surface area contributed by atoms with Crippen LogP contribution in [0, 0.1) is 0 Å². The Labute approximate surface area is 103 Å². The van der Waals surface area contributed by atoms with E-state index >= 15 is 0 Å². The highest BCUT2D eigenvalue weighted by Gasteiger charge is 2.34. The summed E-state index contributed by atoms with van der Waals surface area (Å²) in [6.45, 7) is 2.23. The molecule has 1 aromatic rings. The Hall–Kier alpha value is -0.160. The van der Waals surface area contributed by atoms with Gasteiger partial charge >= 0.3 is 0 Å². The highest BCUT2D eigenvalue weighted by Crippen LogP contribution is 2.31. The van der Waals surface area contributed by atoms with Crippen LogP contribution in [0.2, 0.25) is 5.15 Å². The Kier molecular flexibility index (Phi) is 3.30. The molecule has 2 rings (SSSR count). The fourth-order valence-corrected chi connectivity index (χ4v) is 2.57. The van der Waals surface area contributed by atoms with E-state index in [1.165, 1.54) is 18.5 Å². The first-order valence-corrected chi connectivity index (χ1v) is 6.23. The molecule has 0 aliphatic carbocycles. The molecule has 1 aromatic heterocycles. The molecule has 0 aromatic carbocycles. The van der Waals surface area contributed by atoms with Crippen LogP contribution in [0.1, 0.15) is 12.8 Å². The molecule has 1 aliphatic heterocycles. The van der Waals surface area contributed by atoms with Crippen molar-refractivity contribution in [1.82, 2.24) is 15.0 Å². The van der Waals surface area contributed by atoms with Gasteiger partial charge in [-0.3, -0.25) is 0 Å². The minimum Gasteiger partial charge on any atom is -0.237 e. The van der Waals surface area contributed by atoms with E-state index in [0.29, 0.717) is 5.15 Å². The molecular formula is C10H14BrClN3+. The maximum absolute atomic E-state index is 5.89. The fraction of sp³-hybridized carbons (Fsp3) is 0.500. The Balaban J connectivity index is 2.38. The standard InChI is InChI=1S/C10H14BrClN3/c1-13-15(4-2-3-5-15)8-6-9(11)10(12)14-7-8/h6-7,13H,2-5H2,1H3/q+1. The van der Waals surface area contributed by atoms with Gasteiger partial charge in [-0.25, -0.2) is 9.58 Å². The van der Waals surface area contributed by atoms with E-state index in [-0.39, 0.29) is 0 Å². The molecule has 0 radical (unpaired) electrons. The van der Waals surface area contributed by atoms with Crippen LogP contribution in [0.5, 0.6) is 0 Å². The maximum atomic E-state index is 5.89. The highest BCUT2D eigenvalue weighted by atomic mass is 79.9. The molecule has 0 spiro atoms. The number of pyridine rings is 1. The predicted octanol–water partition coefficient (Wildman–Crippen LogP) is 2.73. The molecule has 5 heteroatoms. The monoisotopic (exact) mass is 290 g/mol. The lowest BCUT2D eigenvalue weighted by Gasteiger charge is -2.31. The average Bonchev–Trinajstić information content (AvgIpc) is 2.72. The van der Waals surface area contributed by atoms with Gasteiger partial charge in [-0.15, -0.1) is 0 Å². The first-order valence-electron chi connectivity index (χ1n) is 5.06. The number of quaternary nitrogens is 1. The zero-order valence-electron chi connectivity index (χ0n) is 8.63. The highest BCUT2D eigenvalue weighted by molar-refractivity contribution is 9.10. The summed E-state index contributed by atoms with van der Waals surface area (Å²) in [5, 5.41) is 0.521. The predicted molar refractivity (Wildman–Crippen MR) is 66.8 cm³/mol. The second-order valence-electron chi connectivity index (χ2n) is 3.81. The average molecular weight is 292 g/mol. The van der Waals surface area contributed by atoms with Crippen LogP contribution in [0.15, 0.2) is 16.7 Å². The van der Waals surface area contributed by atoms with Crippen molar-refractivity contribution in [1.29, 1.82) is 0 Å². The van der Waals surface area contributed by atoms with Crippen molar-refractivity contribution in [3.05, 3.63) is 21.9 Å². The Morgan fingerprint density at radius 1 is 1.47 bits per heavy atom.